The van der Waals surface area contributed by atoms with Gasteiger partial charge in [-0.1, -0.05) is 22.0 Å². The molecule has 0 saturated heterocycles. The maximum absolute atomic E-state index is 13.5. The number of nitrogens with one attached hydrogen (secondary N) is 2. The van der Waals surface area contributed by atoms with E-state index in [0.717, 1.165) is 15.7 Å². The number of rotatable bonds is 6. The first-order valence-corrected chi connectivity index (χ1v) is 8.84. The fraction of sp³-hybridized carbons (Fsp3) is 0.263. The van der Waals surface area contributed by atoms with Gasteiger partial charge in [-0.05, 0) is 62.4 Å². The molecule has 0 aliphatic heterocycles. The summed E-state index contributed by atoms with van der Waals surface area (Å²) < 4.78 is 14.5. The Kier molecular flexibility index (Phi) is 6.88. The topological polar surface area (TPSA) is 61.4 Å². The molecule has 0 bridgehead atoms. The van der Waals surface area contributed by atoms with Crippen LogP contribution in [0.2, 0.25) is 0 Å². The zero-order valence-corrected chi connectivity index (χ0v) is 16.5. The highest BCUT2D eigenvalue weighted by atomic mass is 79.9. The molecule has 0 aliphatic carbocycles. The predicted molar refractivity (Wildman–Crippen MR) is 105 cm³/mol. The molecule has 26 heavy (non-hydrogen) atoms. The Morgan fingerprint density at radius 2 is 1.65 bits per heavy atom. The number of aryl methyl sites for hydroxylation is 2. The Bertz CT molecular complexity index is 826. The van der Waals surface area contributed by atoms with Crippen molar-refractivity contribution < 1.29 is 14.0 Å². The molecule has 0 unspecified atom stereocenters. The van der Waals surface area contributed by atoms with Gasteiger partial charge in [-0.25, -0.2) is 4.39 Å². The molecule has 0 saturated carbocycles. The van der Waals surface area contributed by atoms with Crippen molar-refractivity contribution >= 4 is 39.1 Å². The lowest BCUT2D eigenvalue weighted by molar-refractivity contribution is -0.119. The van der Waals surface area contributed by atoms with Crippen LogP contribution in [-0.2, 0) is 9.59 Å². The molecule has 0 atom stereocenters. The van der Waals surface area contributed by atoms with Gasteiger partial charge in [0.25, 0.3) is 0 Å². The predicted octanol–water partition coefficient (Wildman–Crippen LogP) is 3.71. The molecule has 2 aromatic carbocycles. The third-order valence-electron chi connectivity index (χ3n) is 3.75. The summed E-state index contributed by atoms with van der Waals surface area (Å²) >= 11 is 3.38. The average molecular weight is 422 g/mol. The molecular weight excluding hydrogens is 401 g/mol. The molecule has 138 valence electrons. The van der Waals surface area contributed by atoms with Gasteiger partial charge in [0.1, 0.15) is 5.82 Å². The van der Waals surface area contributed by atoms with Crippen LogP contribution in [-0.4, -0.2) is 36.9 Å². The quantitative estimate of drug-likeness (QED) is 0.746. The highest BCUT2D eigenvalue weighted by molar-refractivity contribution is 9.10. The first-order valence-electron chi connectivity index (χ1n) is 8.05. The number of halogens is 2. The minimum Gasteiger partial charge on any atom is -0.325 e. The molecule has 2 rings (SSSR count). The minimum atomic E-state index is -0.375. The molecule has 0 heterocycles. The van der Waals surface area contributed by atoms with E-state index in [1.54, 1.807) is 31.0 Å². The number of hydrogen-bond donors (Lipinski definition) is 2. The molecule has 0 aromatic heterocycles. The number of anilines is 2. The second-order valence-corrected chi connectivity index (χ2v) is 7.11. The van der Waals surface area contributed by atoms with Gasteiger partial charge in [0.05, 0.1) is 13.1 Å². The SMILES string of the molecule is Cc1ccc(NC(=O)CN(C)CC(=O)Nc2ccc(Br)cc2C)cc1F. The molecule has 2 aromatic rings. The van der Waals surface area contributed by atoms with Crippen LogP contribution >= 0.6 is 15.9 Å². The van der Waals surface area contributed by atoms with Gasteiger partial charge in [0.2, 0.25) is 11.8 Å². The van der Waals surface area contributed by atoms with Crippen LogP contribution in [0.4, 0.5) is 15.8 Å². The standard InChI is InChI=1S/C19H21BrFN3O2/c1-12-4-6-15(9-16(12)21)22-18(25)10-24(3)11-19(26)23-17-7-5-14(20)8-13(17)2/h4-9H,10-11H2,1-3H3,(H,22,25)(H,23,26). The summed E-state index contributed by atoms with van der Waals surface area (Å²) in [5.74, 6) is -0.907. The van der Waals surface area contributed by atoms with Crippen LogP contribution in [0, 0.1) is 19.7 Å². The van der Waals surface area contributed by atoms with E-state index in [4.69, 9.17) is 0 Å². The highest BCUT2D eigenvalue weighted by Gasteiger charge is 2.12. The first kappa shape index (κ1) is 20.1. The summed E-state index contributed by atoms with van der Waals surface area (Å²) in [6, 6.07) is 10.1. The van der Waals surface area contributed by atoms with E-state index < -0.39 is 0 Å². The van der Waals surface area contributed by atoms with E-state index >= 15 is 0 Å². The fourth-order valence-corrected chi connectivity index (χ4v) is 2.85. The van der Waals surface area contributed by atoms with Gasteiger partial charge >= 0.3 is 0 Å². The van der Waals surface area contributed by atoms with Crippen molar-refractivity contribution in [1.29, 1.82) is 0 Å². The molecule has 7 heteroatoms. The normalized spacial score (nSPS) is 10.7. The van der Waals surface area contributed by atoms with Crippen LogP contribution in [0.15, 0.2) is 40.9 Å². The smallest absolute Gasteiger partial charge is 0.238 e. The summed E-state index contributed by atoms with van der Waals surface area (Å²) in [4.78, 5) is 25.8. The highest BCUT2D eigenvalue weighted by Crippen LogP contribution is 2.20. The zero-order chi connectivity index (χ0) is 19.3. The fourth-order valence-electron chi connectivity index (χ4n) is 2.37. The summed E-state index contributed by atoms with van der Waals surface area (Å²) in [6.07, 6.45) is 0. The largest absolute Gasteiger partial charge is 0.325 e. The lowest BCUT2D eigenvalue weighted by atomic mass is 10.2. The van der Waals surface area contributed by atoms with Gasteiger partial charge < -0.3 is 10.6 Å². The van der Waals surface area contributed by atoms with Crippen molar-refractivity contribution in [2.45, 2.75) is 13.8 Å². The summed E-state index contributed by atoms with van der Waals surface area (Å²) in [5, 5.41) is 5.44. The van der Waals surface area contributed by atoms with Gasteiger partial charge in [-0.15, -0.1) is 0 Å². The Labute approximate surface area is 160 Å². The monoisotopic (exact) mass is 421 g/mol. The molecule has 0 fully saturated rings. The van der Waals surface area contributed by atoms with Crippen LogP contribution in [0.25, 0.3) is 0 Å². The second-order valence-electron chi connectivity index (χ2n) is 6.19. The molecule has 2 N–H and O–H groups in total. The van der Waals surface area contributed by atoms with Gasteiger partial charge in [0.15, 0.2) is 0 Å². The van der Waals surface area contributed by atoms with E-state index in [9.17, 15) is 14.0 Å². The number of benzene rings is 2. The Balaban J connectivity index is 1.84. The third-order valence-corrected chi connectivity index (χ3v) is 4.24. The number of hydrogen-bond acceptors (Lipinski definition) is 3. The van der Waals surface area contributed by atoms with Crippen molar-refractivity contribution in [3.05, 3.63) is 57.8 Å². The van der Waals surface area contributed by atoms with Gasteiger partial charge in [-0.3, -0.25) is 14.5 Å². The van der Waals surface area contributed by atoms with Crippen molar-refractivity contribution in [1.82, 2.24) is 4.90 Å². The Morgan fingerprint density at radius 1 is 1.00 bits per heavy atom. The lowest BCUT2D eigenvalue weighted by Gasteiger charge is -2.17. The van der Waals surface area contributed by atoms with E-state index in [-0.39, 0.29) is 30.7 Å². The number of nitrogens with zero attached hydrogens (tertiary/aromatic N) is 1. The summed E-state index contributed by atoms with van der Waals surface area (Å²) in [6.45, 7) is 3.63. The minimum absolute atomic E-state index is 0.0161. The van der Waals surface area contributed by atoms with E-state index in [0.29, 0.717) is 11.3 Å². The van der Waals surface area contributed by atoms with E-state index in [1.807, 2.05) is 25.1 Å². The van der Waals surface area contributed by atoms with E-state index in [2.05, 4.69) is 26.6 Å². The maximum atomic E-state index is 13.5. The maximum Gasteiger partial charge on any atom is 0.238 e. The zero-order valence-electron chi connectivity index (χ0n) is 14.9. The lowest BCUT2D eigenvalue weighted by Crippen LogP contribution is -2.36. The molecule has 0 radical (unpaired) electrons. The molecule has 0 aliphatic rings. The number of likely N-dealkylation sites (N-methyl/N-ethyl adjacent to an activating group) is 1. The molecule has 2 amide bonds. The number of carbonyl (C=O) groups excluding carboxylic acids is 2. The molecule has 0 spiro atoms. The van der Waals surface area contributed by atoms with Crippen molar-refractivity contribution in [2.24, 2.45) is 0 Å². The first-order chi connectivity index (χ1) is 12.2. The van der Waals surface area contributed by atoms with Crippen molar-refractivity contribution in [3.8, 4) is 0 Å². The summed E-state index contributed by atoms with van der Waals surface area (Å²) in [7, 11) is 1.67. The van der Waals surface area contributed by atoms with Gasteiger partial charge in [0, 0.05) is 15.8 Å². The van der Waals surface area contributed by atoms with Crippen molar-refractivity contribution in [3.63, 3.8) is 0 Å². The number of amides is 2. The summed E-state index contributed by atoms with van der Waals surface area (Å²) in [5.41, 5.74) is 2.57. The number of carbonyl (C=O) groups is 2. The average Bonchev–Trinajstić information content (AvgIpc) is 2.53. The van der Waals surface area contributed by atoms with Crippen LogP contribution in [0.5, 0.6) is 0 Å². The van der Waals surface area contributed by atoms with Crippen LogP contribution in [0.3, 0.4) is 0 Å². The van der Waals surface area contributed by atoms with Crippen molar-refractivity contribution in [2.75, 3.05) is 30.8 Å². The Morgan fingerprint density at radius 3 is 2.27 bits per heavy atom. The Hall–Kier alpha value is -2.25. The van der Waals surface area contributed by atoms with E-state index in [1.165, 1.54) is 6.07 Å². The molecular formula is C19H21BrFN3O2. The molecule has 5 nitrogen and oxygen atoms in total. The van der Waals surface area contributed by atoms with Gasteiger partial charge in [-0.2, -0.15) is 0 Å². The third kappa shape index (κ3) is 5.93. The van der Waals surface area contributed by atoms with Crippen LogP contribution < -0.4 is 10.6 Å². The second kappa shape index (κ2) is 8.91. The van der Waals surface area contributed by atoms with Crippen LogP contribution in [0.1, 0.15) is 11.1 Å².